The molecule has 98 valence electrons. The van der Waals surface area contributed by atoms with E-state index in [-0.39, 0.29) is 0 Å². The predicted molar refractivity (Wildman–Crippen MR) is 72.8 cm³/mol. The summed E-state index contributed by atoms with van der Waals surface area (Å²) >= 11 is 0. The van der Waals surface area contributed by atoms with E-state index in [4.69, 9.17) is 0 Å². The molecule has 0 aliphatic carbocycles. The quantitative estimate of drug-likeness (QED) is 0.753. The maximum atomic E-state index is 4.41. The summed E-state index contributed by atoms with van der Waals surface area (Å²) in [4.78, 5) is 4.41. The zero-order valence-electron chi connectivity index (χ0n) is 11.7. The largest absolute Gasteiger partial charge is 0.337 e. The number of nitrogens with one attached hydrogen (secondary N) is 1. The molecule has 0 aromatic carbocycles. The van der Waals surface area contributed by atoms with E-state index in [1.54, 1.807) is 0 Å². The molecule has 0 radical (unpaired) electrons. The van der Waals surface area contributed by atoms with Crippen molar-refractivity contribution in [3.8, 4) is 0 Å². The second-order valence-electron chi connectivity index (χ2n) is 5.66. The number of imidazole rings is 1. The minimum Gasteiger partial charge on any atom is -0.337 e. The Hall–Kier alpha value is -0.830. The SMILES string of the molecule is CC(C)CCCn1cnc(CNCC(C)C)c1. The van der Waals surface area contributed by atoms with Gasteiger partial charge in [0.2, 0.25) is 0 Å². The van der Waals surface area contributed by atoms with Gasteiger partial charge in [-0.25, -0.2) is 4.98 Å². The van der Waals surface area contributed by atoms with Crippen LogP contribution in [0.2, 0.25) is 0 Å². The first-order valence-corrected chi connectivity index (χ1v) is 6.79. The summed E-state index contributed by atoms with van der Waals surface area (Å²) in [7, 11) is 0. The van der Waals surface area contributed by atoms with Crippen LogP contribution < -0.4 is 5.32 Å². The highest BCUT2D eigenvalue weighted by Crippen LogP contribution is 2.06. The summed E-state index contributed by atoms with van der Waals surface area (Å²) in [6, 6.07) is 0. The van der Waals surface area contributed by atoms with Crippen LogP contribution in [0.25, 0.3) is 0 Å². The van der Waals surface area contributed by atoms with Gasteiger partial charge < -0.3 is 9.88 Å². The predicted octanol–water partition coefficient (Wildman–Crippen LogP) is 3.06. The Morgan fingerprint density at radius 1 is 1.24 bits per heavy atom. The molecule has 0 bridgehead atoms. The van der Waals surface area contributed by atoms with E-state index in [1.165, 1.54) is 12.8 Å². The molecule has 1 rings (SSSR count). The van der Waals surface area contributed by atoms with Gasteiger partial charge in [0.05, 0.1) is 12.0 Å². The highest BCUT2D eigenvalue weighted by Gasteiger charge is 2.00. The zero-order chi connectivity index (χ0) is 12.7. The van der Waals surface area contributed by atoms with Crippen molar-refractivity contribution in [1.82, 2.24) is 14.9 Å². The summed E-state index contributed by atoms with van der Waals surface area (Å²) in [5.41, 5.74) is 1.15. The van der Waals surface area contributed by atoms with Crippen LogP contribution >= 0.6 is 0 Å². The van der Waals surface area contributed by atoms with Crippen LogP contribution in [0, 0.1) is 11.8 Å². The molecule has 3 nitrogen and oxygen atoms in total. The van der Waals surface area contributed by atoms with Crippen molar-refractivity contribution in [3.05, 3.63) is 18.2 Å². The number of aryl methyl sites for hydroxylation is 1. The van der Waals surface area contributed by atoms with Gasteiger partial charge in [-0.15, -0.1) is 0 Å². The molecule has 0 aliphatic heterocycles. The Bertz CT molecular complexity index is 274. The topological polar surface area (TPSA) is 29.9 Å². The van der Waals surface area contributed by atoms with E-state index in [0.29, 0.717) is 5.92 Å². The van der Waals surface area contributed by atoms with Gasteiger partial charge in [-0.2, -0.15) is 0 Å². The van der Waals surface area contributed by atoms with E-state index in [9.17, 15) is 0 Å². The highest BCUT2D eigenvalue weighted by atomic mass is 15.0. The van der Waals surface area contributed by atoms with Gasteiger partial charge in [0.15, 0.2) is 0 Å². The van der Waals surface area contributed by atoms with E-state index in [2.05, 4.69) is 48.8 Å². The van der Waals surface area contributed by atoms with Gasteiger partial charge >= 0.3 is 0 Å². The third-order valence-electron chi connectivity index (χ3n) is 2.74. The van der Waals surface area contributed by atoms with Crippen LogP contribution in [0.3, 0.4) is 0 Å². The second-order valence-corrected chi connectivity index (χ2v) is 5.66. The van der Waals surface area contributed by atoms with E-state index < -0.39 is 0 Å². The summed E-state index contributed by atoms with van der Waals surface area (Å²) < 4.78 is 2.20. The molecule has 17 heavy (non-hydrogen) atoms. The molecule has 0 unspecified atom stereocenters. The van der Waals surface area contributed by atoms with Crippen molar-refractivity contribution >= 4 is 0 Å². The monoisotopic (exact) mass is 237 g/mol. The maximum Gasteiger partial charge on any atom is 0.0949 e. The van der Waals surface area contributed by atoms with Crippen molar-refractivity contribution < 1.29 is 0 Å². The summed E-state index contributed by atoms with van der Waals surface area (Å²) in [5.74, 6) is 1.49. The minimum absolute atomic E-state index is 0.697. The van der Waals surface area contributed by atoms with Crippen LogP contribution in [-0.4, -0.2) is 16.1 Å². The first kappa shape index (κ1) is 14.2. The smallest absolute Gasteiger partial charge is 0.0949 e. The van der Waals surface area contributed by atoms with Gasteiger partial charge in [-0.3, -0.25) is 0 Å². The highest BCUT2D eigenvalue weighted by molar-refractivity contribution is 4.96. The average Bonchev–Trinajstić information content (AvgIpc) is 2.65. The van der Waals surface area contributed by atoms with Crippen molar-refractivity contribution in [2.45, 2.75) is 53.6 Å². The van der Waals surface area contributed by atoms with Crippen LogP contribution in [-0.2, 0) is 13.1 Å². The van der Waals surface area contributed by atoms with Crippen LogP contribution in [0.1, 0.15) is 46.2 Å². The molecule has 0 atom stereocenters. The van der Waals surface area contributed by atoms with Gasteiger partial charge in [0, 0.05) is 19.3 Å². The van der Waals surface area contributed by atoms with E-state index in [1.807, 2.05) is 6.33 Å². The van der Waals surface area contributed by atoms with Crippen LogP contribution in [0.15, 0.2) is 12.5 Å². The first-order chi connectivity index (χ1) is 8.08. The molecule has 3 heteroatoms. The lowest BCUT2D eigenvalue weighted by Gasteiger charge is -2.05. The Kier molecular flexibility index (Phi) is 6.27. The van der Waals surface area contributed by atoms with Crippen molar-refractivity contribution in [2.24, 2.45) is 11.8 Å². The standard InChI is InChI=1S/C14H27N3/c1-12(2)6-5-7-17-10-14(16-11-17)9-15-8-13(3)4/h10-13,15H,5-9H2,1-4H3. The fraction of sp³-hybridized carbons (Fsp3) is 0.786. The molecule has 0 fully saturated rings. The molecule has 0 saturated carbocycles. The minimum atomic E-state index is 0.697. The van der Waals surface area contributed by atoms with Gasteiger partial charge in [0.25, 0.3) is 0 Å². The number of hydrogen-bond acceptors (Lipinski definition) is 2. The van der Waals surface area contributed by atoms with Crippen molar-refractivity contribution in [3.63, 3.8) is 0 Å². The third-order valence-corrected chi connectivity index (χ3v) is 2.74. The number of rotatable bonds is 8. The Morgan fingerprint density at radius 3 is 2.65 bits per heavy atom. The summed E-state index contributed by atoms with van der Waals surface area (Å²) in [6.07, 6.45) is 6.65. The summed E-state index contributed by atoms with van der Waals surface area (Å²) in [6.45, 7) is 12.0. The van der Waals surface area contributed by atoms with E-state index in [0.717, 1.165) is 31.2 Å². The van der Waals surface area contributed by atoms with Crippen LogP contribution in [0.5, 0.6) is 0 Å². The number of aromatic nitrogens is 2. The number of nitrogens with zero attached hydrogens (tertiary/aromatic N) is 2. The molecular formula is C14H27N3. The van der Waals surface area contributed by atoms with Crippen molar-refractivity contribution in [2.75, 3.05) is 6.54 Å². The summed E-state index contributed by atoms with van der Waals surface area (Å²) in [5, 5.41) is 3.41. The molecule has 0 amide bonds. The van der Waals surface area contributed by atoms with Crippen molar-refractivity contribution in [1.29, 1.82) is 0 Å². The molecule has 1 aromatic heterocycles. The molecular weight excluding hydrogens is 210 g/mol. The third kappa shape index (κ3) is 6.47. The van der Waals surface area contributed by atoms with Crippen LogP contribution in [0.4, 0.5) is 0 Å². The van der Waals surface area contributed by atoms with Gasteiger partial charge in [0.1, 0.15) is 0 Å². The lowest BCUT2D eigenvalue weighted by molar-refractivity contribution is 0.511. The van der Waals surface area contributed by atoms with Gasteiger partial charge in [-0.05, 0) is 31.2 Å². The fourth-order valence-electron chi connectivity index (χ4n) is 1.79. The molecule has 0 saturated heterocycles. The second kappa shape index (κ2) is 7.49. The lowest BCUT2D eigenvalue weighted by atomic mass is 10.1. The Morgan fingerprint density at radius 2 is 2.00 bits per heavy atom. The fourth-order valence-corrected chi connectivity index (χ4v) is 1.79. The van der Waals surface area contributed by atoms with Gasteiger partial charge in [-0.1, -0.05) is 27.7 Å². The lowest BCUT2D eigenvalue weighted by Crippen LogP contribution is -2.19. The normalized spacial score (nSPS) is 11.6. The molecule has 1 aromatic rings. The molecule has 1 N–H and O–H groups in total. The molecule has 0 aliphatic rings. The average molecular weight is 237 g/mol. The number of hydrogen-bond donors (Lipinski definition) is 1. The Balaban J connectivity index is 2.23. The zero-order valence-corrected chi connectivity index (χ0v) is 11.7. The molecule has 0 spiro atoms. The van der Waals surface area contributed by atoms with E-state index >= 15 is 0 Å². The maximum absolute atomic E-state index is 4.41. The molecule has 1 heterocycles. The first-order valence-electron chi connectivity index (χ1n) is 6.79. The Labute approximate surface area is 106 Å².